The monoisotopic (exact) mass is 359 g/mol. The van der Waals surface area contributed by atoms with Gasteiger partial charge in [-0.2, -0.15) is 0 Å². The fraction of sp³-hybridized carbons (Fsp3) is 0.421. The van der Waals surface area contributed by atoms with E-state index in [0.717, 1.165) is 52.7 Å². The van der Waals surface area contributed by atoms with Crippen molar-refractivity contribution in [3.05, 3.63) is 45.6 Å². The Morgan fingerprint density at radius 2 is 1.96 bits per heavy atom. The van der Waals surface area contributed by atoms with E-state index < -0.39 is 0 Å². The van der Waals surface area contributed by atoms with E-state index in [4.69, 9.17) is 14.2 Å². The lowest BCUT2D eigenvalue weighted by atomic mass is 10.2. The number of carbonyl (C=O) groups is 1. The highest BCUT2D eigenvalue weighted by Crippen LogP contribution is 2.33. The summed E-state index contributed by atoms with van der Waals surface area (Å²) in [5, 5.41) is 2.98. The zero-order valence-corrected chi connectivity index (χ0v) is 14.8. The molecule has 1 aromatic carbocycles. The number of carbonyl (C=O) groups excluding carboxylic acids is 1. The summed E-state index contributed by atoms with van der Waals surface area (Å²) < 4.78 is 17.0. The van der Waals surface area contributed by atoms with Crippen LogP contribution in [0.2, 0.25) is 0 Å². The minimum atomic E-state index is -0.0543. The molecule has 2 aliphatic rings. The van der Waals surface area contributed by atoms with Crippen molar-refractivity contribution >= 4 is 17.2 Å². The van der Waals surface area contributed by atoms with E-state index in [2.05, 4.69) is 5.32 Å². The van der Waals surface area contributed by atoms with Gasteiger partial charge in [0.05, 0.1) is 24.2 Å². The Morgan fingerprint density at radius 3 is 2.80 bits per heavy atom. The zero-order valence-electron chi connectivity index (χ0n) is 14.0. The quantitative estimate of drug-likeness (QED) is 0.904. The van der Waals surface area contributed by atoms with E-state index in [0.29, 0.717) is 19.8 Å². The van der Waals surface area contributed by atoms with Gasteiger partial charge in [-0.05, 0) is 42.7 Å². The number of thiophene rings is 1. The molecule has 0 saturated carbocycles. The van der Waals surface area contributed by atoms with Crippen LogP contribution in [-0.4, -0.2) is 25.7 Å². The van der Waals surface area contributed by atoms with Crippen LogP contribution < -0.4 is 14.8 Å². The Kier molecular flexibility index (Phi) is 4.90. The van der Waals surface area contributed by atoms with Crippen molar-refractivity contribution in [2.75, 3.05) is 19.8 Å². The van der Waals surface area contributed by atoms with Gasteiger partial charge in [0.1, 0.15) is 0 Å². The normalized spacial score (nSPS) is 19.4. The fourth-order valence-corrected chi connectivity index (χ4v) is 4.05. The first-order valence-electron chi connectivity index (χ1n) is 8.68. The van der Waals surface area contributed by atoms with Gasteiger partial charge < -0.3 is 19.5 Å². The smallest absolute Gasteiger partial charge is 0.261 e. The van der Waals surface area contributed by atoms with Crippen LogP contribution in [0.3, 0.4) is 0 Å². The lowest BCUT2D eigenvalue weighted by molar-refractivity contribution is 0.0955. The molecule has 1 saturated heterocycles. The number of nitrogens with one attached hydrogen (secondary N) is 1. The predicted octanol–water partition coefficient (Wildman–Crippen LogP) is 3.69. The third kappa shape index (κ3) is 3.80. The van der Waals surface area contributed by atoms with E-state index in [9.17, 15) is 4.79 Å². The SMILES string of the molecule is O=C(NCc1ccc2c(c1)OCCCO2)c1ccc(C2CCCO2)s1. The molecule has 2 aliphatic heterocycles. The summed E-state index contributed by atoms with van der Waals surface area (Å²) in [4.78, 5) is 14.3. The van der Waals surface area contributed by atoms with Crippen LogP contribution in [0.4, 0.5) is 0 Å². The number of rotatable bonds is 4. The molecule has 1 amide bonds. The lowest BCUT2D eigenvalue weighted by Gasteiger charge is -2.10. The maximum Gasteiger partial charge on any atom is 0.261 e. The summed E-state index contributed by atoms with van der Waals surface area (Å²) in [7, 11) is 0. The van der Waals surface area contributed by atoms with Gasteiger partial charge in [0.15, 0.2) is 11.5 Å². The van der Waals surface area contributed by atoms with Crippen molar-refractivity contribution in [1.82, 2.24) is 5.32 Å². The third-order valence-corrected chi connectivity index (χ3v) is 5.54. The van der Waals surface area contributed by atoms with Crippen molar-refractivity contribution in [2.24, 2.45) is 0 Å². The molecule has 6 heteroatoms. The van der Waals surface area contributed by atoms with Gasteiger partial charge in [-0.15, -0.1) is 11.3 Å². The highest BCUT2D eigenvalue weighted by Gasteiger charge is 2.21. The van der Waals surface area contributed by atoms with Crippen molar-refractivity contribution in [1.29, 1.82) is 0 Å². The Morgan fingerprint density at radius 1 is 1.08 bits per heavy atom. The second kappa shape index (κ2) is 7.45. The summed E-state index contributed by atoms with van der Waals surface area (Å²) in [6, 6.07) is 9.68. The van der Waals surface area contributed by atoms with Gasteiger partial charge in [-0.3, -0.25) is 4.79 Å². The predicted molar refractivity (Wildman–Crippen MR) is 95.5 cm³/mol. The molecule has 0 spiro atoms. The Bertz CT molecular complexity index is 752. The van der Waals surface area contributed by atoms with Crippen molar-refractivity contribution < 1.29 is 19.0 Å². The summed E-state index contributed by atoms with van der Waals surface area (Å²) in [6.07, 6.45) is 3.17. The molecule has 25 heavy (non-hydrogen) atoms. The molecule has 0 aliphatic carbocycles. The van der Waals surface area contributed by atoms with Crippen LogP contribution in [-0.2, 0) is 11.3 Å². The highest BCUT2D eigenvalue weighted by molar-refractivity contribution is 7.14. The van der Waals surface area contributed by atoms with Crippen LogP contribution in [0, 0.1) is 0 Å². The summed E-state index contributed by atoms with van der Waals surface area (Å²) >= 11 is 1.52. The summed E-state index contributed by atoms with van der Waals surface area (Å²) in [5.74, 6) is 1.47. The summed E-state index contributed by atoms with van der Waals surface area (Å²) in [5.41, 5.74) is 0.994. The molecular formula is C19H21NO4S. The van der Waals surface area contributed by atoms with Gasteiger partial charge in [-0.1, -0.05) is 6.07 Å². The zero-order chi connectivity index (χ0) is 17.1. The Hall–Kier alpha value is -2.05. The molecule has 1 fully saturated rings. The second-order valence-electron chi connectivity index (χ2n) is 6.22. The number of benzene rings is 1. The number of ether oxygens (including phenoxy) is 3. The molecule has 5 nitrogen and oxygen atoms in total. The number of amides is 1. The van der Waals surface area contributed by atoms with Crippen molar-refractivity contribution in [3.63, 3.8) is 0 Å². The van der Waals surface area contributed by atoms with E-state index in [1.54, 1.807) is 0 Å². The van der Waals surface area contributed by atoms with Gasteiger partial charge in [0, 0.05) is 24.4 Å². The van der Waals surface area contributed by atoms with Crippen LogP contribution in [0.25, 0.3) is 0 Å². The van der Waals surface area contributed by atoms with E-state index in [1.807, 2.05) is 30.3 Å². The average molecular weight is 359 g/mol. The molecule has 132 valence electrons. The topological polar surface area (TPSA) is 56.8 Å². The minimum absolute atomic E-state index is 0.0543. The average Bonchev–Trinajstić information content (AvgIpc) is 3.27. The van der Waals surface area contributed by atoms with E-state index >= 15 is 0 Å². The molecule has 4 rings (SSSR count). The molecule has 0 radical (unpaired) electrons. The number of hydrogen-bond donors (Lipinski definition) is 1. The first kappa shape index (κ1) is 16.4. The molecule has 3 heterocycles. The van der Waals surface area contributed by atoms with Crippen molar-refractivity contribution in [3.8, 4) is 11.5 Å². The van der Waals surface area contributed by atoms with Gasteiger partial charge >= 0.3 is 0 Å². The van der Waals surface area contributed by atoms with E-state index in [1.165, 1.54) is 11.3 Å². The van der Waals surface area contributed by atoms with Crippen LogP contribution in [0.15, 0.2) is 30.3 Å². The Labute approximate surface area is 150 Å². The molecule has 1 atom stereocenters. The first-order chi connectivity index (χ1) is 12.3. The Balaban J connectivity index is 1.38. The van der Waals surface area contributed by atoms with Crippen molar-refractivity contribution in [2.45, 2.75) is 31.9 Å². The van der Waals surface area contributed by atoms with Crippen LogP contribution in [0.1, 0.15) is 45.5 Å². The first-order valence-corrected chi connectivity index (χ1v) is 9.49. The fourth-order valence-electron chi connectivity index (χ4n) is 3.04. The maximum atomic E-state index is 12.4. The number of hydrogen-bond acceptors (Lipinski definition) is 5. The summed E-state index contributed by atoms with van der Waals surface area (Å²) in [6.45, 7) is 2.61. The largest absolute Gasteiger partial charge is 0.490 e. The number of fused-ring (bicyclic) bond motifs is 1. The standard InChI is InChI=1S/C19H21NO4S/c21-19(18-7-6-17(25-18)15-3-1-8-23-15)20-12-13-4-5-14-16(11-13)24-10-2-9-22-14/h4-7,11,15H,1-3,8-10,12H2,(H,20,21). The van der Waals surface area contributed by atoms with E-state index in [-0.39, 0.29) is 12.0 Å². The van der Waals surface area contributed by atoms with Gasteiger partial charge in [0.25, 0.3) is 5.91 Å². The molecule has 2 aromatic rings. The van der Waals surface area contributed by atoms with Gasteiger partial charge in [-0.25, -0.2) is 0 Å². The maximum absolute atomic E-state index is 12.4. The lowest BCUT2D eigenvalue weighted by Crippen LogP contribution is -2.21. The molecule has 1 N–H and O–H groups in total. The molecule has 1 unspecified atom stereocenters. The second-order valence-corrected chi connectivity index (χ2v) is 7.33. The van der Waals surface area contributed by atoms with Gasteiger partial charge in [0.2, 0.25) is 0 Å². The van der Waals surface area contributed by atoms with Crippen LogP contribution >= 0.6 is 11.3 Å². The molecule has 0 bridgehead atoms. The third-order valence-electron chi connectivity index (χ3n) is 4.36. The molecular weight excluding hydrogens is 338 g/mol. The van der Waals surface area contributed by atoms with Crippen LogP contribution in [0.5, 0.6) is 11.5 Å². The highest BCUT2D eigenvalue weighted by atomic mass is 32.1. The molecule has 1 aromatic heterocycles. The minimum Gasteiger partial charge on any atom is -0.490 e.